The molecule has 5 atom stereocenters. The number of hydrogen-bond donors (Lipinski definition) is 8. The number of H-pyrrole nitrogens is 1. The molecular weight excluding hydrogens is 518 g/mol. The SMILES string of the molecule is CCC(C)C(NC(=O)C(N)Cc1ccc(O)cc1)C(=O)NC(CCCCN)C(=O)NC(Cc1cnc[nH]1)C(=O)O. The number of carboxylic acids is 1. The van der Waals surface area contributed by atoms with E-state index in [9.17, 15) is 29.4 Å². The summed E-state index contributed by atoms with van der Waals surface area (Å²) < 4.78 is 0. The van der Waals surface area contributed by atoms with Gasteiger partial charge in [-0.1, -0.05) is 32.4 Å². The highest BCUT2D eigenvalue weighted by molar-refractivity contribution is 5.94. The molecule has 2 aromatic rings. The molecule has 1 aromatic heterocycles. The number of aliphatic carboxylic acids is 1. The number of nitrogens with zero attached hydrogens (tertiary/aromatic N) is 1. The Kier molecular flexibility index (Phi) is 13.1. The van der Waals surface area contributed by atoms with Gasteiger partial charge in [-0.15, -0.1) is 0 Å². The average Bonchev–Trinajstić information content (AvgIpc) is 3.44. The van der Waals surface area contributed by atoms with Crippen LogP contribution < -0.4 is 27.4 Å². The molecule has 1 heterocycles. The molecule has 220 valence electrons. The highest BCUT2D eigenvalue weighted by atomic mass is 16.4. The van der Waals surface area contributed by atoms with Gasteiger partial charge in [0.2, 0.25) is 17.7 Å². The van der Waals surface area contributed by atoms with Gasteiger partial charge >= 0.3 is 5.97 Å². The van der Waals surface area contributed by atoms with Gasteiger partial charge in [0, 0.05) is 18.3 Å². The summed E-state index contributed by atoms with van der Waals surface area (Å²) in [5.41, 5.74) is 13.0. The molecule has 0 radical (unpaired) electrons. The Balaban J connectivity index is 2.13. The Morgan fingerprint density at radius 3 is 2.23 bits per heavy atom. The first-order valence-electron chi connectivity index (χ1n) is 13.4. The van der Waals surface area contributed by atoms with Crippen LogP contribution in [-0.2, 0) is 32.0 Å². The number of nitrogens with one attached hydrogen (secondary N) is 4. The van der Waals surface area contributed by atoms with E-state index in [2.05, 4.69) is 25.9 Å². The van der Waals surface area contributed by atoms with E-state index >= 15 is 0 Å². The second-order valence-corrected chi connectivity index (χ2v) is 9.87. The van der Waals surface area contributed by atoms with Crippen LogP contribution in [0.1, 0.15) is 50.8 Å². The van der Waals surface area contributed by atoms with Crippen LogP contribution in [0.4, 0.5) is 0 Å². The third kappa shape index (κ3) is 10.3. The molecule has 5 unspecified atom stereocenters. The highest BCUT2D eigenvalue weighted by Gasteiger charge is 2.32. The van der Waals surface area contributed by atoms with E-state index in [4.69, 9.17) is 11.5 Å². The van der Waals surface area contributed by atoms with Crippen LogP contribution in [0.5, 0.6) is 5.75 Å². The van der Waals surface area contributed by atoms with Gasteiger partial charge in [-0.05, 0) is 55.8 Å². The maximum absolute atomic E-state index is 13.4. The van der Waals surface area contributed by atoms with Gasteiger partial charge in [0.1, 0.15) is 23.9 Å². The Labute approximate surface area is 233 Å². The molecule has 13 nitrogen and oxygen atoms in total. The van der Waals surface area contributed by atoms with Crippen LogP contribution in [0, 0.1) is 5.92 Å². The lowest BCUT2D eigenvalue weighted by Crippen LogP contribution is -2.59. The van der Waals surface area contributed by atoms with E-state index in [1.807, 2.05) is 6.92 Å². The molecule has 0 saturated carbocycles. The third-order valence-electron chi connectivity index (χ3n) is 6.70. The van der Waals surface area contributed by atoms with Crippen molar-refractivity contribution in [3.63, 3.8) is 0 Å². The molecule has 2 rings (SSSR count). The summed E-state index contributed by atoms with van der Waals surface area (Å²) in [7, 11) is 0. The first kappa shape index (κ1) is 32.2. The van der Waals surface area contributed by atoms with Crippen LogP contribution in [0.15, 0.2) is 36.8 Å². The molecule has 40 heavy (non-hydrogen) atoms. The maximum atomic E-state index is 13.4. The highest BCUT2D eigenvalue weighted by Crippen LogP contribution is 2.13. The van der Waals surface area contributed by atoms with Crippen molar-refractivity contribution >= 4 is 23.7 Å². The lowest BCUT2D eigenvalue weighted by atomic mass is 9.96. The number of nitrogens with two attached hydrogens (primary N) is 2. The van der Waals surface area contributed by atoms with Crippen molar-refractivity contribution in [2.75, 3.05) is 6.54 Å². The Hall–Kier alpha value is -3.97. The van der Waals surface area contributed by atoms with Crippen LogP contribution >= 0.6 is 0 Å². The summed E-state index contributed by atoms with van der Waals surface area (Å²) in [6.45, 7) is 4.06. The topological polar surface area (TPSA) is 226 Å². The molecule has 0 fully saturated rings. The summed E-state index contributed by atoms with van der Waals surface area (Å²) in [6, 6.07) is 2.08. The number of phenolic OH excluding ortho intramolecular Hbond substituents is 1. The number of rotatable bonds is 17. The van der Waals surface area contributed by atoms with Gasteiger partial charge in [0.25, 0.3) is 0 Å². The van der Waals surface area contributed by atoms with Crippen molar-refractivity contribution in [2.45, 2.75) is 76.5 Å². The summed E-state index contributed by atoms with van der Waals surface area (Å²) >= 11 is 0. The fourth-order valence-electron chi connectivity index (χ4n) is 4.05. The molecule has 10 N–H and O–H groups in total. The van der Waals surface area contributed by atoms with Gasteiger partial charge in [-0.2, -0.15) is 0 Å². The van der Waals surface area contributed by atoms with Crippen molar-refractivity contribution in [1.82, 2.24) is 25.9 Å². The van der Waals surface area contributed by atoms with E-state index in [0.717, 1.165) is 5.56 Å². The number of benzene rings is 1. The van der Waals surface area contributed by atoms with Crippen molar-refractivity contribution in [3.8, 4) is 5.75 Å². The molecule has 13 heteroatoms. The number of amides is 3. The van der Waals surface area contributed by atoms with Crippen molar-refractivity contribution < 1.29 is 29.4 Å². The number of aromatic hydroxyl groups is 1. The van der Waals surface area contributed by atoms with Gasteiger partial charge in [0.05, 0.1) is 12.4 Å². The number of hydrogen-bond acceptors (Lipinski definition) is 8. The molecule has 0 aliphatic heterocycles. The molecule has 1 aromatic carbocycles. The minimum atomic E-state index is -1.25. The molecule has 0 aliphatic rings. The van der Waals surface area contributed by atoms with Crippen LogP contribution in [0.2, 0.25) is 0 Å². The first-order valence-corrected chi connectivity index (χ1v) is 13.4. The third-order valence-corrected chi connectivity index (χ3v) is 6.70. The average molecular weight is 560 g/mol. The number of aromatic nitrogens is 2. The molecule has 0 aliphatic carbocycles. The molecular formula is C27H41N7O6. The van der Waals surface area contributed by atoms with E-state index in [1.54, 1.807) is 19.1 Å². The monoisotopic (exact) mass is 559 g/mol. The lowest BCUT2D eigenvalue weighted by Gasteiger charge is -2.28. The quantitative estimate of drug-likeness (QED) is 0.121. The zero-order valence-electron chi connectivity index (χ0n) is 22.9. The zero-order chi connectivity index (χ0) is 29.7. The standard InChI is InChI=1S/C27H41N7O6/c1-3-16(2)23(34-24(36)20(29)12-17-7-9-19(35)10-8-17)26(38)32-21(6-4-5-11-28)25(37)33-22(27(39)40)13-18-14-30-15-31-18/h7-10,14-16,20-23,35H,3-6,11-13,28-29H2,1-2H3,(H,30,31)(H,32,38)(H,33,37)(H,34,36)(H,39,40). The summed E-state index contributed by atoms with van der Waals surface area (Å²) in [4.78, 5) is 58.0. The lowest BCUT2D eigenvalue weighted by molar-refractivity contribution is -0.142. The minimum absolute atomic E-state index is 0.0188. The number of unbranched alkanes of at least 4 members (excludes halogenated alkanes) is 1. The summed E-state index contributed by atoms with van der Waals surface area (Å²) in [5.74, 6) is -3.20. The fraction of sp³-hybridized carbons (Fsp3) is 0.519. The maximum Gasteiger partial charge on any atom is 0.326 e. The minimum Gasteiger partial charge on any atom is -0.508 e. The van der Waals surface area contributed by atoms with Crippen LogP contribution in [-0.4, -0.2) is 74.6 Å². The number of imidazole rings is 1. The predicted octanol–water partition coefficient (Wildman–Crippen LogP) is -0.0581. The Bertz CT molecular complexity index is 1090. The van der Waals surface area contributed by atoms with Gasteiger partial charge < -0.3 is 42.6 Å². The van der Waals surface area contributed by atoms with Crippen molar-refractivity contribution in [1.29, 1.82) is 0 Å². The fourth-order valence-corrected chi connectivity index (χ4v) is 4.05. The van der Waals surface area contributed by atoms with E-state index in [0.29, 0.717) is 31.5 Å². The molecule has 0 spiro atoms. The van der Waals surface area contributed by atoms with Crippen molar-refractivity contribution in [3.05, 3.63) is 48.0 Å². The van der Waals surface area contributed by atoms with Crippen molar-refractivity contribution in [2.24, 2.45) is 17.4 Å². The normalized spacial score (nSPS) is 14.8. The number of carbonyl (C=O) groups is 4. The smallest absolute Gasteiger partial charge is 0.326 e. The first-order chi connectivity index (χ1) is 19.0. The van der Waals surface area contributed by atoms with E-state index < -0.39 is 47.9 Å². The number of carboxylic acid groups (broad SMARTS) is 1. The molecule has 3 amide bonds. The van der Waals surface area contributed by atoms with Gasteiger partial charge in [-0.3, -0.25) is 14.4 Å². The van der Waals surface area contributed by atoms with Crippen LogP contribution in [0.3, 0.4) is 0 Å². The second-order valence-electron chi connectivity index (χ2n) is 9.87. The van der Waals surface area contributed by atoms with E-state index in [1.165, 1.54) is 24.7 Å². The largest absolute Gasteiger partial charge is 0.508 e. The number of aromatic amines is 1. The Morgan fingerprint density at radius 2 is 1.65 bits per heavy atom. The predicted molar refractivity (Wildman–Crippen MR) is 148 cm³/mol. The number of phenols is 1. The van der Waals surface area contributed by atoms with Gasteiger partial charge in [0.15, 0.2) is 0 Å². The van der Waals surface area contributed by atoms with Gasteiger partial charge in [-0.25, -0.2) is 9.78 Å². The molecule has 0 saturated heterocycles. The zero-order valence-corrected chi connectivity index (χ0v) is 22.9. The second kappa shape index (κ2) is 16.2. The Morgan fingerprint density at radius 1 is 0.975 bits per heavy atom. The van der Waals surface area contributed by atoms with Crippen LogP contribution in [0.25, 0.3) is 0 Å². The summed E-state index contributed by atoms with van der Waals surface area (Å²) in [5, 5.41) is 27.0. The summed E-state index contributed by atoms with van der Waals surface area (Å²) in [6.07, 6.45) is 4.96. The van der Waals surface area contributed by atoms with E-state index in [-0.39, 0.29) is 30.9 Å². The molecule has 0 bridgehead atoms. The number of carbonyl (C=O) groups excluding carboxylic acids is 3.